The summed E-state index contributed by atoms with van der Waals surface area (Å²) in [5, 5.41) is 7.17. The Kier molecular flexibility index (Phi) is 4.47. The monoisotopic (exact) mass is 405 g/mol. The first kappa shape index (κ1) is 14.7. The number of carbonyl (C=O) groups is 1. The van der Waals surface area contributed by atoms with Crippen molar-refractivity contribution in [3.63, 3.8) is 0 Å². The van der Waals surface area contributed by atoms with Crippen LogP contribution in [-0.4, -0.2) is 15.7 Å². The lowest BCUT2D eigenvalue weighted by molar-refractivity contribution is 0.0944. The van der Waals surface area contributed by atoms with Gasteiger partial charge in [0.25, 0.3) is 5.91 Å². The molecule has 19 heavy (non-hydrogen) atoms. The summed E-state index contributed by atoms with van der Waals surface area (Å²) >= 11 is 8.18. The summed E-state index contributed by atoms with van der Waals surface area (Å²) < 4.78 is 3.62. The zero-order chi connectivity index (χ0) is 14.2. The molecule has 1 unspecified atom stereocenters. The summed E-state index contributed by atoms with van der Waals surface area (Å²) in [6, 6.07) is 1.74. The Balaban J connectivity index is 2.13. The fourth-order valence-electron chi connectivity index (χ4n) is 1.74. The van der Waals surface area contributed by atoms with Crippen LogP contribution in [0.5, 0.6) is 0 Å². The van der Waals surface area contributed by atoms with Gasteiger partial charge in [-0.2, -0.15) is 5.10 Å². The number of aromatic nitrogens is 2. The minimum atomic E-state index is -0.0767. The van der Waals surface area contributed by atoms with Gasteiger partial charge in [0, 0.05) is 22.8 Å². The minimum absolute atomic E-state index is 0.0687. The Morgan fingerprint density at radius 3 is 2.68 bits per heavy atom. The number of halogens is 2. The van der Waals surface area contributed by atoms with Crippen molar-refractivity contribution in [3.8, 4) is 0 Å². The maximum Gasteiger partial charge on any atom is 0.261 e. The van der Waals surface area contributed by atoms with E-state index < -0.39 is 0 Å². The molecule has 7 heteroatoms. The molecule has 0 aliphatic rings. The van der Waals surface area contributed by atoms with Crippen LogP contribution in [0.2, 0.25) is 0 Å². The molecule has 2 aromatic rings. The van der Waals surface area contributed by atoms with Crippen LogP contribution in [0.25, 0.3) is 0 Å². The lowest BCUT2D eigenvalue weighted by Gasteiger charge is -2.12. The molecule has 2 aromatic heterocycles. The van der Waals surface area contributed by atoms with E-state index in [0.29, 0.717) is 4.88 Å². The third-order valence-corrected chi connectivity index (χ3v) is 6.21. The quantitative estimate of drug-likeness (QED) is 0.842. The maximum absolute atomic E-state index is 12.1. The number of hydrogen-bond acceptors (Lipinski definition) is 3. The molecular weight excluding hydrogens is 394 g/mol. The minimum Gasteiger partial charge on any atom is -0.345 e. The first-order chi connectivity index (χ1) is 8.90. The summed E-state index contributed by atoms with van der Waals surface area (Å²) in [6.45, 7) is 3.95. The zero-order valence-electron chi connectivity index (χ0n) is 10.7. The van der Waals surface area contributed by atoms with Crippen molar-refractivity contribution >= 4 is 49.1 Å². The molecule has 1 amide bonds. The van der Waals surface area contributed by atoms with Gasteiger partial charge in [0.1, 0.15) is 0 Å². The van der Waals surface area contributed by atoms with E-state index in [2.05, 4.69) is 42.3 Å². The first-order valence-corrected chi connectivity index (χ1v) is 8.04. The van der Waals surface area contributed by atoms with Gasteiger partial charge in [-0.15, -0.1) is 11.3 Å². The van der Waals surface area contributed by atoms with Gasteiger partial charge in [-0.3, -0.25) is 9.48 Å². The van der Waals surface area contributed by atoms with Crippen molar-refractivity contribution in [2.75, 3.05) is 0 Å². The molecule has 0 saturated heterocycles. The second-order valence-corrected chi connectivity index (χ2v) is 7.46. The Morgan fingerprint density at radius 2 is 2.21 bits per heavy atom. The lowest BCUT2D eigenvalue weighted by atomic mass is 10.1. The topological polar surface area (TPSA) is 46.9 Å². The van der Waals surface area contributed by atoms with Crippen molar-refractivity contribution < 1.29 is 4.79 Å². The van der Waals surface area contributed by atoms with Crippen LogP contribution in [-0.2, 0) is 7.05 Å². The first-order valence-electron chi connectivity index (χ1n) is 5.64. The smallest absolute Gasteiger partial charge is 0.261 e. The van der Waals surface area contributed by atoms with E-state index in [4.69, 9.17) is 0 Å². The highest BCUT2D eigenvalue weighted by molar-refractivity contribution is 9.13. The SMILES string of the molecule is Cc1c(C(C)NC(=O)c2cc(Br)c(Br)s2)cnn1C. The van der Waals surface area contributed by atoms with Crippen molar-refractivity contribution in [2.24, 2.45) is 7.05 Å². The molecule has 2 heterocycles. The molecule has 0 saturated carbocycles. The van der Waals surface area contributed by atoms with Crippen molar-refractivity contribution in [3.05, 3.63) is 36.7 Å². The van der Waals surface area contributed by atoms with Crippen LogP contribution in [0.3, 0.4) is 0 Å². The van der Waals surface area contributed by atoms with Crippen LogP contribution < -0.4 is 5.32 Å². The fourth-order valence-corrected chi connectivity index (χ4v) is 3.68. The molecule has 1 N–H and O–H groups in total. The molecule has 0 spiro atoms. The maximum atomic E-state index is 12.1. The molecule has 0 aliphatic heterocycles. The predicted octanol–water partition coefficient (Wildman–Crippen LogP) is 3.81. The zero-order valence-corrected chi connectivity index (χ0v) is 14.7. The molecule has 0 aromatic carbocycles. The highest BCUT2D eigenvalue weighted by atomic mass is 79.9. The summed E-state index contributed by atoms with van der Waals surface area (Å²) in [5.41, 5.74) is 2.09. The van der Waals surface area contributed by atoms with Gasteiger partial charge < -0.3 is 5.32 Å². The summed E-state index contributed by atoms with van der Waals surface area (Å²) in [6.07, 6.45) is 1.79. The number of nitrogens with zero attached hydrogens (tertiary/aromatic N) is 2. The average Bonchev–Trinajstić information content (AvgIpc) is 2.85. The highest BCUT2D eigenvalue weighted by Crippen LogP contribution is 2.32. The van der Waals surface area contributed by atoms with Gasteiger partial charge in [-0.1, -0.05) is 0 Å². The summed E-state index contributed by atoms with van der Waals surface area (Å²) in [5.74, 6) is -0.0767. The Morgan fingerprint density at radius 1 is 1.53 bits per heavy atom. The number of aryl methyl sites for hydroxylation is 1. The van der Waals surface area contributed by atoms with Crippen LogP contribution >= 0.6 is 43.2 Å². The Bertz CT molecular complexity index is 601. The lowest BCUT2D eigenvalue weighted by Crippen LogP contribution is -2.26. The average molecular weight is 407 g/mol. The van der Waals surface area contributed by atoms with Gasteiger partial charge in [0.2, 0.25) is 0 Å². The number of carbonyl (C=O) groups excluding carboxylic acids is 1. The molecule has 102 valence electrons. The Labute approximate surface area is 132 Å². The third-order valence-electron chi connectivity index (χ3n) is 2.96. The largest absolute Gasteiger partial charge is 0.345 e. The second-order valence-electron chi connectivity index (χ2n) is 4.24. The van der Waals surface area contributed by atoms with E-state index in [0.717, 1.165) is 19.5 Å². The van der Waals surface area contributed by atoms with Gasteiger partial charge >= 0.3 is 0 Å². The summed E-state index contributed by atoms with van der Waals surface area (Å²) in [4.78, 5) is 12.8. The molecule has 0 fully saturated rings. The number of hydrogen-bond donors (Lipinski definition) is 1. The van der Waals surface area contributed by atoms with Gasteiger partial charge in [-0.25, -0.2) is 0 Å². The summed E-state index contributed by atoms with van der Waals surface area (Å²) in [7, 11) is 1.89. The van der Waals surface area contributed by atoms with Crippen molar-refractivity contribution in [2.45, 2.75) is 19.9 Å². The van der Waals surface area contributed by atoms with Crippen LogP contribution in [0.15, 0.2) is 20.5 Å². The van der Waals surface area contributed by atoms with E-state index in [1.807, 2.05) is 27.0 Å². The number of nitrogens with one attached hydrogen (secondary N) is 1. The normalized spacial score (nSPS) is 12.5. The van der Waals surface area contributed by atoms with E-state index in [1.165, 1.54) is 11.3 Å². The molecule has 0 aliphatic carbocycles. The fraction of sp³-hybridized carbons (Fsp3) is 0.333. The predicted molar refractivity (Wildman–Crippen MR) is 83.5 cm³/mol. The van der Waals surface area contributed by atoms with Gasteiger partial charge in [-0.05, 0) is 51.8 Å². The third kappa shape index (κ3) is 3.09. The molecular formula is C12H13Br2N3OS. The van der Waals surface area contributed by atoms with Crippen LogP contribution in [0.4, 0.5) is 0 Å². The number of amides is 1. The molecule has 4 nitrogen and oxygen atoms in total. The molecule has 0 radical (unpaired) electrons. The van der Waals surface area contributed by atoms with E-state index in [-0.39, 0.29) is 11.9 Å². The molecule has 2 rings (SSSR count). The van der Waals surface area contributed by atoms with Gasteiger partial charge in [0.05, 0.1) is 20.9 Å². The van der Waals surface area contributed by atoms with Gasteiger partial charge in [0.15, 0.2) is 0 Å². The van der Waals surface area contributed by atoms with E-state index in [9.17, 15) is 4.79 Å². The number of thiophene rings is 1. The van der Waals surface area contributed by atoms with Crippen LogP contribution in [0.1, 0.15) is 33.9 Å². The molecule has 1 atom stereocenters. The Hall–Kier alpha value is -0.660. The van der Waals surface area contributed by atoms with Crippen LogP contribution in [0, 0.1) is 6.92 Å². The van der Waals surface area contributed by atoms with Crippen molar-refractivity contribution in [1.82, 2.24) is 15.1 Å². The molecule has 0 bridgehead atoms. The van der Waals surface area contributed by atoms with E-state index in [1.54, 1.807) is 10.9 Å². The van der Waals surface area contributed by atoms with Crippen molar-refractivity contribution in [1.29, 1.82) is 0 Å². The van der Waals surface area contributed by atoms with E-state index >= 15 is 0 Å². The highest BCUT2D eigenvalue weighted by Gasteiger charge is 2.17. The second kappa shape index (κ2) is 5.76. The number of rotatable bonds is 3. The standard InChI is InChI=1S/C12H13Br2N3OS/c1-6(8-5-15-17(3)7(8)2)16-12(18)10-4-9(13)11(14)19-10/h4-6H,1-3H3,(H,16,18).